The van der Waals surface area contributed by atoms with E-state index < -0.39 is 12.1 Å². The fraction of sp³-hybridized carbons (Fsp3) is 0.364. The highest BCUT2D eigenvalue weighted by atomic mass is 16.5. The molecule has 0 aliphatic carbocycles. The van der Waals surface area contributed by atoms with Crippen LogP contribution in [-0.4, -0.2) is 60.3 Å². The highest BCUT2D eigenvalue weighted by molar-refractivity contribution is 5.94. The molecule has 1 aliphatic heterocycles. The Morgan fingerprint density at radius 1 is 1.14 bits per heavy atom. The SMILES string of the molecule is CCOCC(=O)N[C@@H]1CN(C(=O)c2cccc(Oc3ccccc3)c2)CC[C@@H]1O. The third-order valence-corrected chi connectivity index (χ3v) is 4.71. The summed E-state index contributed by atoms with van der Waals surface area (Å²) >= 11 is 0. The number of benzene rings is 2. The minimum Gasteiger partial charge on any atom is -0.457 e. The molecule has 0 aromatic heterocycles. The molecule has 29 heavy (non-hydrogen) atoms. The van der Waals surface area contributed by atoms with Crippen molar-refractivity contribution < 1.29 is 24.2 Å². The van der Waals surface area contributed by atoms with Crippen molar-refractivity contribution >= 4 is 11.8 Å². The molecule has 0 unspecified atom stereocenters. The van der Waals surface area contributed by atoms with Gasteiger partial charge < -0.3 is 24.8 Å². The number of nitrogens with zero attached hydrogens (tertiary/aromatic N) is 1. The highest BCUT2D eigenvalue weighted by Crippen LogP contribution is 2.23. The molecule has 2 amide bonds. The summed E-state index contributed by atoms with van der Waals surface area (Å²) in [7, 11) is 0. The lowest BCUT2D eigenvalue weighted by atomic mass is 10.0. The molecule has 3 rings (SSSR count). The number of nitrogens with one attached hydrogen (secondary N) is 1. The third-order valence-electron chi connectivity index (χ3n) is 4.71. The smallest absolute Gasteiger partial charge is 0.254 e. The van der Waals surface area contributed by atoms with Crippen LogP contribution in [-0.2, 0) is 9.53 Å². The predicted molar refractivity (Wildman–Crippen MR) is 108 cm³/mol. The van der Waals surface area contributed by atoms with Gasteiger partial charge in [-0.15, -0.1) is 0 Å². The van der Waals surface area contributed by atoms with Crippen molar-refractivity contribution in [1.82, 2.24) is 10.2 Å². The van der Waals surface area contributed by atoms with E-state index in [9.17, 15) is 14.7 Å². The summed E-state index contributed by atoms with van der Waals surface area (Å²) in [6.07, 6.45) is -0.303. The molecule has 1 saturated heterocycles. The van der Waals surface area contributed by atoms with Gasteiger partial charge in [-0.25, -0.2) is 0 Å². The molecule has 154 valence electrons. The van der Waals surface area contributed by atoms with Crippen LogP contribution in [0, 0.1) is 0 Å². The molecule has 0 saturated carbocycles. The largest absolute Gasteiger partial charge is 0.457 e. The normalized spacial score (nSPS) is 18.9. The number of rotatable bonds is 7. The van der Waals surface area contributed by atoms with Gasteiger partial charge in [-0.1, -0.05) is 24.3 Å². The summed E-state index contributed by atoms with van der Waals surface area (Å²) in [6, 6.07) is 15.8. The average Bonchev–Trinajstić information content (AvgIpc) is 2.74. The van der Waals surface area contributed by atoms with Crippen molar-refractivity contribution in [1.29, 1.82) is 0 Å². The van der Waals surface area contributed by atoms with E-state index in [0.717, 1.165) is 0 Å². The van der Waals surface area contributed by atoms with Crippen LogP contribution in [0.15, 0.2) is 54.6 Å². The highest BCUT2D eigenvalue weighted by Gasteiger charge is 2.31. The van der Waals surface area contributed by atoms with Crippen molar-refractivity contribution in [3.63, 3.8) is 0 Å². The average molecular weight is 398 g/mol. The molecule has 7 nitrogen and oxygen atoms in total. The van der Waals surface area contributed by atoms with Crippen LogP contribution in [0.3, 0.4) is 0 Å². The Morgan fingerprint density at radius 3 is 2.66 bits per heavy atom. The monoisotopic (exact) mass is 398 g/mol. The Labute approximate surface area is 170 Å². The maximum absolute atomic E-state index is 13.0. The van der Waals surface area contributed by atoms with Crippen LogP contribution in [0.1, 0.15) is 23.7 Å². The molecule has 2 aromatic carbocycles. The second-order valence-electron chi connectivity index (χ2n) is 6.86. The number of para-hydroxylation sites is 1. The topological polar surface area (TPSA) is 88.1 Å². The van der Waals surface area contributed by atoms with Gasteiger partial charge in [0, 0.05) is 25.3 Å². The zero-order valence-electron chi connectivity index (χ0n) is 16.4. The van der Waals surface area contributed by atoms with Crippen LogP contribution in [0.2, 0.25) is 0 Å². The second kappa shape index (κ2) is 10.0. The molecule has 2 aromatic rings. The van der Waals surface area contributed by atoms with Crippen molar-refractivity contribution in [2.24, 2.45) is 0 Å². The minimum atomic E-state index is -0.697. The zero-order valence-corrected chi connectivity index (χ0v) is 16.4. The van der Waals surface area contributed by atoms with Crippen LogP contribution < -0.4 is 10.1 Å². The molecule has 2 atom stereocenters. The number of aliphatic hydroxyl groups is 1. The van der Waals surface area contributed by atoms with Gasteiger partial charge in [0.25, 0.3) is 5.91 Å². The van der Waals surface area contributed by atoms with E-state index in [-0.39, 0.29) is 25.0 Å². The number of piperidine rings is 1. The molecule has 1 aliphatic rings. The van der Waals surface area contributed by atoms with Gasteiger partial charge in [-0.3, -0.25) is 9.59 Å². The quantitative estimate of drug-likeness (QED) is 0.747. The fourth-order valence-electron chi connectivity index (χ4n) is 3.21. The molecule has 0 spiro atoms. The van der Waals surface area contributed by atoms with Crippen LogP contribution in [0.4, 0.5) is 0 Å². The maximum atomic E-state index is 13.0. The van der Waals surface area contributed by atoms with E-state index in [0.29, 0.717) is 36.6 Å². The van der Waals surface area contributed by atoms with Gasteiger partial charge in [0.1, 0.15) is 18.1 Å². The van der Waals surface area contributed by atoms with Gasteiger partial charge in [0.15, 0.2) is 0 Å². The molecule has 0 radical (unpaired) electrons. The maximum Gasteiger partial charge on any atom is 0.254 e. The Bertz CT molecular complexity index is 827. The zero-order chi connectivity index (χ0) is 20.6. The first-order chi connectivity index (χ1) is 14.1. The second-order valence-corrected chi connectivity index (χ2v) is 6.86. The van der Waals surface area contributed by atoms with Crippen molar-refractivity contribution in [3.8, 4) is 11.5 Å². The van der Waals surface area contributed by atoms with E-state index in [1.807, 2.05) is 30.3 Å². The first-order valence-corrected chi connectivity index (χ1v) is 9.74. The Kier molecular flexibility index (Phi) is 7.21. The standard InChI is InChI=1S/C22H26N2O5/c1-2-28-15-21(26)23-19-14-24(12-11-20(19)25)22(27)16-7-6-10-18(13-16)29-17-8-4-3-5-9-17/h3-10,13,19-20,25H,2,11-12,14-15H2,1H3,(H,23,26)/t19-,20+/m1/s1. The van der Waals surface area contributed by atoms with E-state index in [1.54, 1.807) is 36.1 Å². The van der Waals surface area contributed by atoms with Gasteiger partial charge in [0.2, 0.25) is 5.91 Å². The van der Waals surface area contributed by atoms with Gasteiger partial charge >= 0.3 is 0 Å². The number of amides is 2. The van der Waals surface area contributed by atoms with E-state index in [1.165, 1.54) is 0 Å². The van der Waals surface area contributed by atoms with Gasteiger partial charge in [0.05, 0.1) is 12.1 Å². The number of ether oxygens (including phenoxy) is 2. The lowest BCUT2D eigenvalue weighted by Gasteiger charge is -2.36. The third kappa shape index (κ3) is 5.79. The van der Waals surface area contributed by atoms with Crippen molar-refractivity contribution in [3.05, 3.63) is 60.2 Å². The molecule has 2 N–H and O–H groups in total. The summed E-state index contributed by atoms with van der Waals surface area (Å²) in [6.45, 7) is 2.83. The Balaban J connectivity index is 1.65. The Hall–Kier alpha value is -2.90. The van der Waals surface area contributed by atoms with E-state index in [4.69, 9.17) is 9.47 Å². The van der Waals surface area contributed by atoms with E-state index in [2.05, 4.69) is 5.32 Å². The van der Waals surface area contributed by atoms with Gasteiger partial charge in [-0.2, -0.15) is 0 Å². The van der Waals surface area contributed by atoms with Crippen LogP contribution >= 0.6 is 0 Å². The van der Waals surface area contributed by atoms with E-state index >= 15 is 0 Å². The van der Waals surface area contributed by atoms with Crippen molar-refractivity contribution in [2.75, 3.05) is 26.3 Å². The summed E-state index contributed by atoms with van der Waals surface area (Å²) < 4.78 is 10.9. The molecule has 0 bridgehead atoms. The number of carbonyl (C=O) groups is 2. The van der Waals surface area contributed by atoms with Crippen LogP contribution in [0.25, 0.3) is 0 Å². The Morgan fingerprint density at radius 2 is 1.90 bits per heavy atom. The lowest BCUT2D eigenvalue weighted by Crippen LogP contribution is -2.56. The van der Waals surface area contributed by atoms with Crippen molar-refractivity contribution in [2.45, 2.75) is 25.5 Å². The number of carbonyl (C=O) groups excluding carboxylic acids is 2. The molecule has 1 heterocycles. The summed E-state index contributed by atoms with van der Waals surface area (Å²) in [5.74, 6) is 0.791. The molecular weight excluding hydrogens is 372 g/mol. The number of likely N-dealkylation sites (tertiary alicyclic amines) is 1. The number of aliphatic hydroxyl groups excluding tert-OH is 1. The number of hydrogen-bond acceptors (Lipinski definition) is 5. The summed E-state index contributed by atoms with van der Waals surface area (Å²) in [5, 5.41) is 13.0. The molecule has 1 fully saturated rings. The molecule has 7 heteroatoms. The fourth-order valence-corrected chi connectivity index (χ4v) is 3.21. The van der Waals surface area contributed by atoms with Gasteiger partial charge in [-0.05, 0) is 43.7 Å². The van der Waals surface area contributed by atoms with Crippen LogP contribution in [0.5, 0.6) is 11.5 Å². The summed E-state index contributed by atoms with van der Waals surface area (Å²) in [5.41, 5.74) is 0.495. The lowest BCUT2D eigenvalue weighted by molar-refractivity contribution is -0.127. The molecular formula is C22H26N2O5. The first kappa shape index (κ1) is 20.8. The number of hydrogen-bond donors (Lipinski definition) is 2. The summed E-state index contributed by atoms with van der Waals surface area (Å²) in [4.78, 5) is 26.5. The first-order valence-electron chi connectivity index (χ1n) is 9.74. The minimum absolute atomic E-state index is 0.0630. The predicted octanol–water partition coefficient (Wildman–Crippen LogP) is 2.21.